The maximum atomic E-state index is 6.05. The van der Waals surface area contributed by atoms with Gasteiger partial charge in [-0.2, -0.15) is 0 Å². The van der Waals surface area contributed by atoms with Crippen molar-refractivity contribution in [2.75, 3.05) is 13.1 Å². The van der Waals surface area contributed by atoms with Crippen LogP contribution in [0.25, 0.3) is 0 Å². The first-order chi connectivity index (χ1) is 9.83. The molecule has 0 aromatic heterocycles. The molecule has 1 aliphatic rings. The summed E-state index contributed by atoms with van der Waals surface area (Å²) >= 11 is 0. The monoisotopic (exact) mass is 282 g/mol. The second-order valence-corrected chi connectivity index (χ2v) is 6.62. The molecule has 1 aliphatic carbocycles. The first-order valence-corrected chi connectivity index (χ1v) is 9.29. The molecule has 0 saturated heterocycles. The molecular weight excluding hydrogens is 244 g/mol. The minimum atomic E-state index is 0.657. The van der Waals surface area contributed by atoms with Crippen molar-refractivity contribution in [1.29, 1.82) is 0 Å². The molecule has 1 rings (SSSR count). The molecule has 0 amide bonds. The van der Waals surface area contributed by atoms with E-state index in [-0.39, 0.29) is 0 Å². The molecule has 120 valence electrons. The Morgan fingerprint density at radius 1 is 0.900 bits per heavy atom. The fourth-order valence-corrected chi connectivity index (χ4v) is 3.17. The summed E-state index contributed by atoms with van der Waals surface area (Å²) in [4.78, 5) is 2.74. The van der Waals surface area contributed by atoms with E-state index in [9.17, 15) is 0 Å². The average molecular weight is 283 g/mol. The van der Waals surface area contributed by atoms with Crippen LogP contribution in [-0.2, 0) is 0 Å². The van der Waals surface area contributed by atoms with Crippen LogP contribution in [0.15, 0.2) is 0 Å². The quantitative estimate of drug-likeness (QED) is 0.467. The molecular formula is C18H38N2. The molecule has 1 atom stereocenters. The summed E-state index contributed by atoms with van der Waals surface area (Å²) in [5.74, 6) is 0. The molecule has 0 radical (unpaired) electrons. The Morgan fingerprint density at radius 3 is 2.05 bits per heavy atom. The van der Waals surface area contributed by atoms with E-state index in [2.05, 4.69) is 18.7 Å². The minimum absolute atomic E-state index is 0.657. The number of hydrogen-bond donors (Lipinski definition) is 1. The standard InChI is InChI=1S/C18H38N2/c1-3-5-7-8-9-10-11-12-18(16-19)20(15-6-4-2)17-13-14-17/h17-18H,3-16,19H2,1-2H3. The summed E-state index contributed by atoms with van der Waals surface area (Å²) in [6, 6.07) is 1.53. The molecule has 20 heavy (non-hydrogen) atoms. The Labute approximate surface area is 127 Å². The van der Waals surface area contributed by atoms with Crippen molar-refractivity contribution in [1.82, 2.24) is 4.90 Å². The second-order valence-electron chi connectivity index (χ2n) is 6.62. The molecule has 0 bridgehead atoms. The van der Waals surface area contributed by atoms with Gasteiger partial charge in [0, 0.05) is 18.6 Å². The fraction of sp³-hybridized carbons (Fsp3) is 1.00. The van der Waals surface area contributed by atoms with Crippen LogP contribution in [0.5, 0.6) is 0 Å². The van der Waals surface area contributed by atoms with Gasteiger partial charge in [0.15, 0.2) is 0 Å². The predicted molar refractivity (Wildman–Crippen MR) is 90.1 cm³/mol. The van der Waals surface area contributed by atoms with Gasteiger partial charge in [-0.3, -0.25) is 4.90 Å². The van der Waals surface area contributed by atoms with Gasteiger partial charge in [-0.1, -0.05) is 65.2 Å². The maximum absolute atomic E-state index is 6.05. The lowest BCUT2D eigenvalue weighted by molar-refractivity contribution is 0.175. The van der Waals surface area contributed by atoms with Gasteiger partial charge in [-0.25, -0.2) is 0 Å². The van der Waals surface area contributed by atoms with Crippen LogP contribution < -0.4 is 5.73 Å². The molecule has 0 spiro atoms. The highest BCUT2D eigenvalue weighted by Crippen LogP contribution is 2.30. The van der Waals surface area contributed by atoms with Gasteiger partial charge < -0.3 is 5.73 Å². The fourth-order valence-electron chi connectivity index (χ4n) is 3.17. The van der Waals surface area contributed by atoms with Crippen molar-refractivity contribution >= 4 is 0 Å². The number of hydrogen-bond acceptors (Lipinski definition) is 2. The third-order valence-corrected chi connectivity index (χ3v) is 4.67. The van der Waals surface area contributed by atoms with E-state index in [0.29, 0.717) is 6.04 Å². The van der Waals surface area contributed by atoms with E-state index in [1.807, 2.05) is 0 Å². The van der Waals surface area contributed by atoms with E-state index in [1.165, 1.54) is 83.6 Å². The normalized spacial score (nSPS) is 16.8. The van der Waals surface area contributed by atoms with Gasteiger partial charge >= 0.3 is 0 Å². The Kier molecular flexibility index (Phi) is 10.4. The van der Waals surface area contributed by atoms with Gasteiger partial charge in [0.25, 0.3) is 0 Å². The molecule has 0 heterocycles. The van der Waals surface area contributed by atoms with Crippen molar-refractivity contribution < 1.29 is 0 Å². The molecule has 2 N–H and O–H groups in total. The Hall–Kier alpha value is -0.0800. The van der Waals surface area contributed by atoms with Crippen LogP contribution in [0.2, 0.25) is 0 Å². The Balaban J connectivity index is 2.13. The van der Waals surface area contributed by atoms with Gasteiger partial charge in [-0.05, 0) is 32.2 Å². The summed E-state index contributed by atoms with van der Waals surface area (Å²) in [5, 5.41) is 0. The van der Waals surface area contributed by atoms with Crippen LogP contribution in [-0.4, -0.2) is 30.1 Å². The highest BCUT2D eigenvalue weighted by Gasteiger charge is 2.32. The molecule has 1 unspecified atom stereocenters. The predicted octanol–water partition coefficient (Wildman–Crippen LogP) is 4.72. The van der Waals surface area contributed by atoms with Crippen molar-refractivity contribution in [3.05, 3.63) is 0 Å². The molecule has 2 heteroatoms. The zero-order chi connectivity index (χ0) is 14.6. The molecule has 0 aliphatic heterocycles. The Morgan fingerprint density at radius 2 is 1.50 bits per heavy atom. The zero-order valence-corrected chi connectivity index (χ0v) is 14.1. The Bertz CT molecular complexity index is 213. The summed E-state index contributed by atoms with van der Waals surface area (Å²) in [7, 11) is 0. The SMILES string of the molecule is CCCCCCCCCC(CN)N(CCCC)C1CC1. The lowest BCUT2D eigenvalue weighted by atomic mass is 10.0. The maximum Gasteiger partial charge on any atom is 0.0221 e. The van der Waals surface area contributed by atoms with E-state index in [4.69, 9.17) is 5.73 Å². The first-order valence-electron chi connectivity index (χ1n) is 9.29. The van der Waals surface area contributed by atoms with E-state index in [0.717, 1.165) is 12.6 Å². The number of unbranched alkanes of at least 4 members (excludes halogenated alkanes) is 7. The molecule has 0 aromatic carbocycles. The van der Waals surface area contributed by atoms with E-state index < -0.39 is 0 Å². The molecule has 2 nitrogen and oxygen atoms in total. The third kappa shape index (κ3) is 7.64. The summed E-state index contributed by atoms with van der Waals surface area (Å²) < 4.78 is 0. The summed E-state index contributed by atoms with van der Waals surface area (Å²) in [6.45, 7) is 6.71. The summed E-state index contributed by atoms with van der Waals surface area (Å²) in [5.41, 5.74) is 6.05. The van der Waals surface area contributed by atoms with Gasteiger partial charge in [0.1, 0.15) is 0 Å². The molecule has 1 saturated carbocycles. The number of nitrogens with zero attached hydrogens (tertiary/aromatic N) is 1. The number of nitrogens with two attached hydrogens (primary N) is 1. The average Bonchev–Trinajstić information content (AvgIpc) is 3.29. The molecule has 0 aromatic rings. The largest absolute Gasteiger partial charge is 0.329 e. The number of rotatable bonds is 14. The van der Waals surface area contributed by atoms with Gasteiger partial charge in [0.05, 0.1) is 0 Å². The van der Waals surface area contributed by atoms with Gasteiger partial charge in [0.2, 0.25) is 0 Å². The smallest absolute Gasteiger partial charge is 0.0221 e. The zero-order valence-electron chi connectivity index (χ0n) is 14.1. The van der Waals surface area contributed by atoms with Crippen LogP contribution >= 0.6 is 0 Å². The highest BCUT2D eigenvalue weighted by atomic mass is 15.2. The van der Waals surface area contributed by atoms with Gasteiger partial charge in [-0.15, -0.1) is 0 Å². The topological polar surface area (TPSA) is 29.3 Å². The van der Waals surface area contributed by atoms with E-state index in [1.54, 1.807) is 0 Å². The van der Waals surface area contributed by atoms with E-state index >= 15 is 0 Å². The van der Waals surface area contributed by atoms with Crippen LogP contribution in [0, 0.1) is 0 Å². The lowest BCUT2D eigenvalue weighted by Crippen LogP contribution is -2.42. The lowest BCUT2D eigenvalue weighted by Gasteiger charge is -2.31. The highest BCUT2D eigenvalue weighted by molar-refractivity contribution is 4.89. The van der Waals surface area contributed by atoms with Crippen molar-refractivity contribution in [2.45, 2.75) is 103 Å². The van der Waals surface area contributed by atoms with Crippen molar-refractivity contribution in [2.24, 2.45) is 5.73 Å². The summed E-state index contributed by atoms with van der Waals surface area (Å²) in [6.07, 6.45) is 16.6. The van der Waals surface area contributed by atoms with Crippen LogP contribution in [0.4, 0.5) is 0 Å². The van der Waals surface area contributed by atoms with Crippen LogP contribution in [0.1, 0.15) is 90.9 Å². The minimum Gasteiger partial charge on any atom is -0.329 e. The van der Waals surface area contributed by atoms with Crippen molar-refractivity contribution in [3.8, 4) is 0 Å². The first kappa shape index (κ1) is 18.0. The third-order valence-electron chi connectivity index (χ3n) is 4.67. The van der Waals surface area contributed by atoms with Crippen molar-refractivity contribution in [3.63, 3.8) is 0 Å². The molecule has 1 fully saturated rings. The second kappa shape index (κ2) is 11.6. The van der Waals surface area contributed by atoms with Crippen LogP contribution in [0.3, 0.4) is 0 Å².